The van der Waals surface area contributed by atoms with Crippen molar-refractivity contribution >= 4 is 11.8 Å². The van der Waals surface area contributed by atoms with Crippen molar-refractivity contribution in [1.82, 2.24) is 15.5 Å². The lowest BCUT2D eigenvalue weighted by Crippen LogP contribution is -2.55. The number of nitrogens with zero attached hydrogens (tertiary/aromatic N) is 1. The summed E-state index contributed by atoms with van der Waals surface area (Å²) in [7, 11) is 1.51. The van der Waals surface area contributed by atoms with Crippen LogP contribution in [0.5, 0.6) is 0 Å². The number of hydrogen-bond donors (Lipinski definition) is 2. The molecular formula is C17H22F3N3O2. The van der Waals surface area contributed by atoms with Crippen molar-refractivity contribution < 1.29 is 22.8 Å². The normalized spacial score (nSPS) is 21.6. The maximum absolute atomic E-state index is 13.3. The summed E-state index contributed by atoms with van der Waals surface area (Å²) in [5.41, 5.74) is 1.14. The molecule has 2 atom stereocenters. The molecule has 2 N–H and O–H groups in total. The quantitative estimate of drug-likeness (QED) is 0.867. The zero-order valence-corrected chi connectivity index (χ0v) is 14.2. The molecule has 138 valence electrons. The first-order chi connectivity index (χ1) is 11.7. The molecule has 1 aliphatic rings. The molecule has 0 saturated carbocycles. The third-order valence-electron chi connectivity index (χ3n) is 4.30. The molecule has 1 heterocycles. The number of hydrogen-bond acceptors (Lipinski definition) is 3. The van der Waals surface area contributed by atoms with Gasteiger partial charge in [0.2, 0.25) is 5.91 Å². The van der Waals surface area contributed by atoms with Crippen molar-refractivity contribution in [1.29, 1.82) is 0 Å². The average Bonchev–Trinajstić information content (AvgIpc) is 2.53. The van der Waals surface area contributed by atoms with Crippen LogP contribution in [0.15, 0.2) is 24.3 Å². The van der Waals surface area contributed by atoms with Gasteiger partial charge >= 0.3 is 6.18 Å². The van der Waals surface area contributed by atoms with Crippen LogP contribution < -0.4 is 10.6 Å². The first kappa shape index (κ1) is 19.2. The second-order valence-electron chi connectivity index (χ2n) is 6.24. The molecule has 1 aromatic carbocycles. The van der Waals surface area contributed by atoms with E-state index < -0.39 is 12.2 Å². The van der Waals surface area contributed by atoms with E-state index in [1.807, 2.05) is 0 Å². The third-order valence-corrected chi connectivity index (χ3v) is 4.30. The van der Waals surface area contributed by atoms with Gasteiger partial charge in [-0.25, -0.2) is 0 Å². The summed E-state index contributed by atoms with van der Waals surface area (Å²) in [5, 5.41) is 5.19. The monoisotopic (exact) mass is 357 g/mol. The van der Waals surface area contributed by atoms with Crippen molar-refractivity contribution in [2.75, 3.05) is 13.6 Å². The number of alkyl halides is 3. The Labute approximate surface area is 144 Å². The van der Waals surface area contributed by atoms with Crippen LogP contribution in [0.3, 0.4) is 0 Å². The maximum atomic E-state index is 13.3. The number of amides is 2. The molecule has 1 saturated heterocycles. The molecule has 0 radical (unpaired) electrons. The molecule has 8 heteroatoms. The highest BCUT2D eigenvalue weighted by Gasteiger charge is 2.46. The van der Waals surface area contributed by atoms with Gasteiger partial charge < -0.3 is 10.6 Å². The number of carbonyl (C=O) groups excluding carboxylic acids is 2. The standard InChI is InChI=1S/C17H22F3N3O2/c1-11(24)22-14-7-8-15(17(18,19)20)23(10-14)9-12-3-5-13(6-4-12)16(25)21-2/h3-6,14-15H,7-10H2,1-2H3,(H,21,25)(H,22,24)/t14-,15-/m0/s1. The summed E-state index contributed by atoms with van der Waals surface area (Å²) in [6.07, 6.45) is -4.07. The van der Waals surface area contributed by atoms with Crippen LogP contribution in [0.1, 0.15) is 35.7 Å². The topological polar surface area (TPSA) is 61.4 Å². The van der Waals surface area contributed by atoms with Gasteiger partial charge in [0.05, 0.1) is 0 Å². The smallest absolute Gasteiger partial charge is 0.355 e. The Morgan fingerprint density at radius 1 is 1.20 bits per heavy atom. The Kier molecular flexibility index (Phi) is 6.05. The Balaban J connectivity index is 2.13. The molecule has 1 fully saturated rings. The average molecular weight is 357 g/mol. The number of piperidine rings is 1. The summed E-state index contributed by atoms with van der Waals surface area (Å²) in [6, 6.07) is 4.66. The minimum absolute atomic E-state index is 0.0508. The van der Waals surface area contributed by atoms with Crippen molar-refractivity contribution in [2.45, 2.75) is 44.6 Å². The van der Waals surface area contributed by atoms with E-state index in [2.05, 4.69) is 10.6 Å². The van der Waals surface area contributed by atoms with Crippen LogP contribution in [-0.4, -0.2) is 48.6 Å². The number of nitrogens with one attached hydrogen (secondary N) is 2. The van der Waals surface area contributed by atoms with Gasteiger partial charge in [0.25, 0.3) is 5.91 Å². The van der Waals surface area contributed by atoms with Gasteiger partial charge in [0.15, 0.2) is 0 Å². The van der Waals surface area contributed by atoms with Crippen LogP contribution in [0.2, 0.25) is 0 Å². The van der Waals surface area contributed by atoms with Gasteiger partial charge in [-0.15, -0.1) is 0 Å². The molecule has 0 spiro atoms. The Morgan fingerprint density at radius 2 is 1.84 bits per heavy atom. The van der Waals surface area contributed by atoms with Crippen molar-refractivity contribution in [3.63, 3.8) is 0 Å². The first-order valence-corrected chi connectivity index (χ1v) is 8.09. The van der Waals surface area contributed by atoms with Gasteiger partial charge in [-0.2, -0.15) is 13.2 Å². The van der Waals surface area contributed by atoms with Crippen LogP contribution >= 0.6 is 0 Å². The molecule has 0 aromatic heterocycles. The second kappa shape index (κ2) is 7.86. The molecule has 5 nitrogen and oxygen atoms in total. The highest BCUT2D eigenvalue weighted by Crippen LogP contribution is 2.33. The van der Waals surface area contributed by atoms with Gasteiger partial charge in [-0.1, -0.05) is 12.1 Å². The van der Waals surface area contributed by atoms with E-state index in [0.717, 1.165) is 0 Å². The predicted molar refractivity (Wildman–Crippen MR) is 86.9 cm³/mol. The molecule has 2 rings (SSSR count). The predicted octanol–water partition coefficient (Wildman–Crippen LogP) is 2.08. The highest BCUT2D eigenvalue weighted by molar-refractivity contribution is 5.93. The summed E-state index contributed by atoms with van der Waals surface area (Å²) >= 11 is 0. The third kappa shape index (κ3) is 5.19. The fraction of sp³-hybridized carbons (Fsp3) is 0.529. The lowest BCUT2D eigenvalue weighted by atomic mass is 9.96. The lowest BCUT2D eigenvalue weighted by Gasteiger charge is -2.40. The zero-order valence-electron chi connectivity index (χ0n) is 14.2. The molecule has 1 aromatic rings. The molecule has 2 amide bonds. The van der Waals surface area contributed by atoms with Crippen LogP contribution in [-0.2, 0) is 11.3 Å². The summed E-state index contributed by atoms with van der Waals surface area (Å²) in [4.78, 5) is 24.1. The first-order valence-electron chi connectivity index (χ1n) is 8.09. The number of carbonyl (C=O) groups is 2. The zero-order chi connectivity index (χ0) is 18.6. The molecule has 1 aliphatic heterocycles. The van der Waals surface area contributed by atoms with E-state index >= 15 is 0 Å². The SMILES string of the molecule is CNC(=O)c1ccc(CN2C[C@@H](NC(C)=O)CC[C@H]2C(F)(F)F)cc1. The number of rotatable bonds is 4. The largest absolute Gasteiger partial charge is 0.404 e. The van der Waals surface area contributed by atoms with Gasteiger partial charge in [0.1, 0.15) is 6.04 Å². The molecule has 25 heavy (non-hydrogen) atoms. The van der Waals surface area contributed by atoms with Crippen molar-refractivity contribution in [2.24, 2.45) is 0 Å². The van der Waals surface area contributed by atoms with Crippen LogP contribution in [0.4, 0.5) is 13.2 Å². The lowest BCUT2D eigenvalue weighted by molar-refractivity contribution is -0.194. The minimum atomic E-state index is -4.32. The minimum Gasteiger partial charge on any atom is -0.355 e. The van der Waals surface area contributed by atoms with E-state index in [9.17, 15) is 22.8 Å². The number of likely N-dealkylation sites (tertiary alicyclic amines) is 1. The maximum Gasteiger partial charge on any atom is 0.404 e. The van der Waals surface area contributed by atoms with Gasteiger partial charge in [-0.05, 0) is 30.5 Å². The van der Waals surface area contributed by atoms with Crippen LogP contribution in [0, 0.1) is 0 Å². The summed E-state index contributed by atoms with van der Waals surface area (Å²) < 4.78 is 40.0. The molecule has 0 bridgehead atoms. The Morgan fingerprint density at radius 3 is 2.36 bits per heavy atom. The Bertz CT molecular complexity index is 617. The Hall–Kier alpha value is -2.09. The fourth-order valence-electron chi connectivity index (χ4n) is 3.13. The van der Waals surface area contributed by atoms with Gasteiger partial charge in [-0.3, -0.25) is 14.5 Å². The molecular weight excluding hydrogens is 335 g/mol. The molecule has 0 unspecified atom stereocenters. The highest BCUT2D eigenvalue weighted by atomic mass is 19.4. The van der Waals surface area contributed by atoms with Crippen molar-refractivity contribution in [3.05, 3.63) is 35.4 Å². The second-order valence-corrected chi connectivity index (χ2v) is 6.24. The van der Waals surface area contributed by atoms with E-state index in [1.165, 1.54) is 18.9 Å². The van der Waals surface area contributed by atoms with E-state index in [-0.39, 0.29) is 37.4 Å². The summed E-state index contributed by atoms with van der Waals surface area (Å²) in [6.45, 7) is 1.60. The molecule has 0 aliphatic carbocycles. The number of benzene rings is 1. The van der Waals surface area contributed by atoms with Crippen LogP contribution in [0.25, 0.3) is 0 Å². The van der Waals surface area contributed by atoms with Crippen molar-refractivity contribution in [3.8, 4) is 0 Å². The fourth-order valence-corrected chi connectivity index (χ4v) is 3.13. The van der Waals surface area contributed by atoms with E-state index in [0.29, 0.717) is 17.5 Å². The van der Waals surface area contributed by atoms with Gasteiger partial charge in [0, 0.05) is 38.7 Å². The number of halogens is 3. The van der Waals surface area contributed by atoms with E-state index in [1.54, 1.807) is 24.3 Å². The van der Waals surface area contributed by atoms with E-state index in [4.69, 9.17) is 0 Å². The summed E-state index contributed by atoms with van der Waals surface area (Å²) in [5.74, 6) is -0.492.